The fraction of sp³-hybridized carbons (Fsp3) is 0.556. The second-order valence-corrected chi connectivity index (χ2v) is 4.18. The number of rotatable bonds is 2. The number of nitrogens with zero attached hydrogens (tertiary/aromatic N) is 5. The zero-order chi connectivity index (χ0) is 13.6. The normalized spacial score (nSPS) is 35.2. The van der Waals surface area contributed by atoms with Crippen molar-refractivity contribution in [2.24, 2.45) is 5.11 Å². The Morgan fingerprint density at radius 1 is 1.68 bits per heavy atom. The van der Waals surface area contributed by atoms with Crippen molar-refractivity contribution in [1.82, 2.24) is 9.55 Å². The number of aliphatic hydroxyl groups excluding tert-OH is 2. The van der Waals surface area contributed by atoms with Gasteiger partial charge in [0, 0.05) is 17.2 Å². The van der Waals surface area contributed by atoms with Crippen LogP contribution in [-0.4, -0.2) is 44.3 Å². The van der Waals surface area contributed by atoms with Gasteiger partial charge in [-0.05, 0) is 5.53 Å². The van der Waals surface area contributed by atoms with Gasteiger partial charge < -0.3 is 19.7 Å². The first kappa shape index (κ1) is 11.9. The molecular weight excluding hydrogens is 258 g/mol. The third kappa shape index (κ3) is 1.52. The van der Waals surface area contributed by atoms with Crippen LogP contribution in [-0.2, 0) is 4.74 Å². The van der Waals surface area contributed by atoms with E-state index in [9.17, 15) is 15.0 Å². The highest BCUT2D eigenvalue weighted by Gasteiger charge is 2.59. The summed E-state index contributed by atoms with van der Waals surface area (Å²) in [6.45, 7) is -0.697. The van der Waals surface area contributed by atoms with Gasteiger partial charge in [-0.1, -0.05) is 5.11 Å². The number of ether oxygens (including phenoxy) is 2. The summed E-state index contributed by atoms with van der Waals surface area (Å²) >= 11 is 0. The van der Waals surface area contributed by atoms with Gasteiger partial charge in [-0.25, -0.2) is 0 Å². The Bertz CT molecular complexity index is 626. The summed E-state index contributed by atoms with van der Waals surface area (Å²) in [5.41, 5.74) is 6.21. The van der Waals surface area contributed by atoms with Gasteiger partial charge in [-0.2, -0.15) is 4.98 Å². The van der Waals surface area contributed by atoms with Gasteiger partial charge in [0.15, 0.2) is 12.3 Å². The van der Waals surface area contributed by atoms with Crippen LogP contribution >= 0.6 is 0 Å². The van der Waals surface area contributed by atoms with Crippen LogP contribution in [0.2, 0.25) is 0 Å². The maximum atomic E-state index is 11.1. The van der Waals surface area contributed by atoms with Crippen molar-refractivity contribution < 1.29 is 19.7 Å². The van der Waals surface area contributed by atoms with Gasteiger partial charge in [0.1, 0.15) is 6.10 Å². The first-order valence-electron chi connectivity index (χ1n) is 5.40. The molecule has 2 aliphatic rings. The summed E-state index contributed by atoms with van der Waals surface area (Å²) in [4.78, 5) is 17.3. The number of hydrogen-bond donors (Lipinski definition) is 2. The Labute approximate surface area is 105 Å². The van der Waals surface area contributed by atoms with E-state index in [1.165, 1.54) is 16.8 Å². The number of azide groups is 1. The molecule has 1 fully saturated rings. The Kier molecular flexibility index (Phi) is 2.47. The molecule has 0 saturated carbocycles. The van der Waals surface area contributed by atoms with Crippen molar-refractivity contribution in [3.8, 4) is 6.01 Å². The molecule has 19 heavy (non-hydrogen) atoms. The van der Waals surface area contributed by atoms with E-state index < -0.39 is 36.3 Å². The van der Waals surface area contributed by atoms with Crippen LogP contribution in [0.25, 0.3) is 10.4 Å². The second-order valence-electron chi connectivity index (χ2n) is 4.18. The third-order valence-electron chi connectivity index (χ3n) is 3.14. The lowest BCUT2D eigenvalue weighted by atomic mass is 10.1. The molecule has 2 aliphatic heterocycles. The predicted octanol–water partition coefficient (Wildman–Crippen LogP) is -1.11. The van der Waals surface area contributed by atoms with Crippen molar-refractivity contribution in [3.05, 3.63) is 33.1 Å². The van der Waals surface area contributed by atoms with Gasteiger partial charge in [0.25, 0.3) is 5.56 Å². The second kappa shape index (κ2) is 3.93. The Morgan fingerprint density at radius 2 is 2.47 bits per heavy atom. The highest BCUT2D eigenvalue weighted by Crippen LogP contribution is 2.44. The van der Waals surface area contributed by atoms with Crippen LogP contribution in [0.5, 0.6) is 6.01 Å². The van der Waals surface area contributed by atoms with E-state index in [1.807, 2.05) is 0 Å². The average molecular weight is 267 g/mol. The van der Waals surface area contributed by atoms with Crippen LogP contribution in [0.3, 0.4) is 0 Å². The Hall–Kier alpha value is -2.13. The molecule has 0 unspecified atom stereocenters. The largest absolute Gasteiger partial charge is 0.453 e. The van der Waals surface area contributed by atoms with Crippen LogP contribution in [0.15, 0.2) is 22.2 Å². The molecule has 0 spiro atoms. The van der Waals surface area contributed by atoms with Crippen molar-refractivity contribution in [3.63, 3.8) is 0 Å². The predicted molar refractivity (Wildman–Crippen MR) is 58.0 cm³/mol. The quantitative estimate of drug-likeness (QED) is 0.395. The summed E-state index contributed by atoms with van der Waals surface area (Å²) in [5.74, 6) is 0. The lowest BCUT2D eigenvalue weighted by Crippen LogP contribution is -2.45. The summed E-state index contributed by atoms with van der Waals surface area (Å²) in [5, 5.41) is 22.7. The molecule has 0 amide bonds. The Morgan fingerprint density at radius 3 is 3.16 bits per heavy atom. The molecule has 1 aromatic rings. The Balaban J connectivity index is 2.03. The van der Waals surface area contributed by atoms with Gasteiger partial charge >= 0.3 is 6.01 Å². The number of hydrogen-bond acceptors (Lipinski definition) is 7. The zero-order valence-corrected chi connectivity index (χ0v) is 9.45. The average Bonchev–Trinajstić information content (AvgIpc) is 2.86. The molecule has 10 heteroatoms. The third-order valence-corrected chi connectivity index (χ3v) is 3.14. The standard InChI is InChI=1S/C9H9N5O5/c10-13-12-9(3-15)6(17)5-7(19-9)14-2-1-4(16)11-8(14)18-5/h1-2,5-7,15,17H,3H2/t5-,6-,7+,9+/m1/s1. The molecule has 1 aromatic heterocycles. The lowest BCUT2D eigenvalue weighted by molar-refractivity contribution is -0.123. The summed E-state index contributed by atoms with van der Waals surface area (Å²) in [6.07, 6.45) is -1.72. The van der Waals surface area contributed by atoms with Gasteiger partial charge in [-0.3, -0.25) is 9.36 Å². The minimum absolute atomic E-state index is 0.00836. The van der Waals surface area contributed by atoms with E-state index in [1.54, 1.807) is 0 Å². The van der Waals surface area contributed by atoms with Crippen molar-refractivity contribution in [2.75, 3.05) is 6.61 Å². The van der Waals surface area contributed by atoms with E-state index in [0.717, 1.165) is 0 Å². The topological polar surface area (TPSA) is 143 Å². The minimum atomic E-state index is -1.80. The summed E-state index contributed by atoms with van der Waals surface area (Å²) in [6, 6.07) is 1.21. The molecule has 0 aliphatic carbocycles. The van der Waals surface area contributed by atoms with E-state index >= 15 is 0 Å². The zero-order valence-electron chi connectivity index (χ0n) is 9.45. The van der Waals surface area contributed by atoms with Gasteiger partial charge in [0.05, 0.1) is 6.61 Å². The highest BCUT2D eigenvalue weighted by molar-refractivity contribution is 5.13. The van der Waals surface area contributed by atoms with Crippen molar-refractivity contribution in [1.29, 1.82) is 0 Å². The first-order valence-corrected chi connectivity index (χ1v) is 5.40. The molecule has 4 atom stereocenters. The molecule has 3 heterocycles. The fourth-order valence-electron chi connectivity index (χ4n) is 2.22. The molecule has 2 N–H and O–H groups in total. The number of fused-ring (bicyclic) bond motifs is 3. The van der Waals surface area contributed by atoms with Crippen molar-refractivity contribution >= 4 is 0 Å². The molecule has 0 radical (unpaired) electrons. The SMILES string of the molecule is [N-]=[N+]=N[C@@]1(CO)O[C@H]2[C@H](Oc3nc(=O)ccn32)[C@H]1O. The monoisotopic (exact) mass is 267 g/mol. The lowest BCUT2D eigenvalue weighted by Gasteiger charge is -2.25. The minimum Gasteiger partial charge on any atom is -0.453 e. The van der Waals surface area contributed by atoms with Gasteiger partial charge in [-0.15, -0.1) is 0 Å². The van der Waals surface area contributed by atoms with Crippen LogP contribution in [0.1, 0.15) is 6.23 Å². The van der Waals surface area contributed by atoms with E-state index in [0.29, 0.717) is 0 Å². The van der Waals surface area contributed by atoms with Crippen molar-refractivity contribution in [2.45, 2.75) is 24.2 Å². The summed E-state index contributed by atoms with van der Waals surface area (Å²) in [7, 11) is 0. The molecule has 10 nitrogen and oxygen atoms in total. The molecule has 100 valence electrons. The summed E-state index contributed by atoms with van der Waals surface area (Å²) < 4.78 is 12.1. The number of aromatic nitrogens is 2. The molecular formula is C9H9N5O5. The molecule has 1 saturated heterocycles. The van der Waals surface area contributed by atoms with E-state index in [4.69, 9.17) is 15.0 Å². The maximum absolute atomic E-state index is 11.1. The first-order chi connectivity index (χ1) is 9.11. The van der Waals surface area contributed by atoms with Crippen LogP contribution in [0, 0.1) is 0 Å². The van der Waals surface area contributed by atoms with Crippen LogP contribution < -0.4 is 10.3 Å². The number of aliphatic hydroxyl groups is 2. The molecule has 0 bridgehead atoms. The van der Waals surface area contributed by atoms with E-state index in [-0.39, 0.29) is 6.01 Å². The maximum Gasteiger partial charge on any atom is 0.302 e. The van der Waals surface area contributed by atoms with E-state index in [2.05, 4.69) is 15.0 Å². The fourth-order valence-corrected chi connectivity index (χ4v) is 2.22. The highest BCUT2D eigenvalue weighted by atomic mass is 16.6. The smallest absolute Gasteiger partial charge is 0.302 e. The van der Waals surface area contributed by atoms with Crippen LogP contribution in [0.4, 0.5) is 0 Å². The molecule has 3 rings (SSSR count). The van der Waals surface area contributed by atoms with Gasteiger partial charge in [0.2, 0.25) is 5.72 Å². The molecule has 0 aromatic carbocycles.